The number of hydrogen-bond donors (Lipinski definition) is 1. The minimum absolute atomic E-state index is 0.164. The van der Waals surface area contributed by atoms with Crippen molar-refractivity contribution in [2.45, 2.75) is 17.9 Å². The fraction of sp³-hybridized carbons (Fsp3) is 0.188. The van der Waals surface area contributed by atoms with E-state index < -0.39 is 17.7 Å². The summed E-state index contributed by atoms with van der Waals surface area (Å²) in [5, 5.41) is 3.26. The average Bonchev–Trinajstić information content (AvgIpc) is 2.46. The largest absolute Gasteiger partial charge is 0.349 e. The van der Waals surface area contributed by atoms with E-state index in [1.165, 1.54) is 23.9 Å². The second-order valence-electron chi connectivity index (χ2n) is 4.67. The van der Waals surface area contributed by atoms with Crippen LogP contribution in [0.2, 0.25) is 5.02 Å². The van der Waals surface area contributed by atoms with Gasteiger partial charge in [-0.1, -0.05) is 29.8 Å². The Morgan fingerprint density at radius 2 is 2.00 bits per heavy atom. The molecule has 2 nitrogen and oxygen atoms in total. The maximum absolute atomic E-state index is 13.6. The number of nitrogens with one attached hydrogen (secondary N) is 1. The highest BCUT2D eigenvalue weighted by atomic mass is 35.5. The Hall–Kier alpha value is -1.59. The van der Waals surface area contributed by atoms with Gasteiger partial charge in [-0.3, -0.25) is 4.79 Å². The molecule has 0 radical (unpaired) electrons. The van der Waals surface area contributed by atoms with Gasteiger partial charge in [-0.2, -0.15) is 0 Å². The van der Waals surface area contributed by atoms with Crippen molar-refractivity contribution in [1.29, 1.82) is 0 Å². The lowest BCUT2D eigenvalue weighted by molar-refractivity contribution is -0.119. The highest BCUT2D eigenvalue weighted by Gasteiger charge is 2.14. The maximum atomic E-state index is 13.6. The lowest BCUT2D eigenvalue weighted by Crippen LogP contribution is -2.28. The van der Waals surface area contributed by atoms with Gasteiger partial charge in [0.05, 0.1) is 16.8 Å². The van der Waals surface area contributed by atoms with Crippen LogP contribution in [0, 0.1) is 11.6 Å². The van der Waals surface area contributed by atoms with Crippen LogP contribution in [0.25, 0.3) is 0 Å². The van der Waals surface area contributed by atoms with Crippen molar-refractivity contribution >= 4 is 29.3 Å². The van der Waals surface area contributed by atoms with Crippen LogP contribution in [0.4, 0.5) is 8.78 Å². The van der Waals surface area contributed by atoms with Crippen LogP contribution in [-0.2, 0) is 4.79 Å². The molecule has 0 fully saturated rings. The van der Waals surface area contributed by atoms with Gasteiger partial charge in [0, 0.05) is 16.5 Å². The fourth-order valence-corrected chi connectivity index (χ4v) is 2.97. The van der Waals surface area contributed by atoms with Crippen LogP contribution in [0.3, 0.4) is 0 Å². The summed E-state index contributed by atoms with van der Waals surface area (Å²) in [4.78, 5) is 12.7. The summed E-state index contributed by atoms with van der Waals surface area (Å²) in [6.45, 7) is 1.65. The van der Waals surface area contributed by atoms with Crippen LogP contribution in [0.5, 0.6) is 0 Å². The molecule has 0 aliphatic rings. The maximum Gasteiger partial charge on any atom is 0.230 e. The zero-order chi connectivity index (χ0) is 16.1. The van der Waals surface area contributed by atoms with E-state index in [0.29, 0.717) is 5.02 Å². The molecule has 6 heteroatoms. The third-order valence-corrected chi connectivity index (χ3v) is 4.52. The third kappa shape index (κ3) is 4.45. The summed E-state index contributed by atoms with van der Waals surface area (Å²) < 4.78 is 26.5. The van der Waals surface area contributed by atoms with E-state index >= 15 is 0 Å². The highest BCUT2D eigenvalue weighted by molar-refractivity contribution is 8.00. The highest BCUT2D eigenvalue weighted by Crippen LogP contribution is 2.26. The Balaban J connectivity index is 1.93. The molecule has 0 aromatic heterocycles. The van der Waals surface area contributed by atoms with Gasteiger partial charge in [0.2, 0.25) is 5.91 Å². The topological polar surface area (TPSA) is 29.1 Å². The molecular weight excluding hydrogens is 328 g/mol. The fourth-order valence-electron chi connectivity index (χ4n) is 1.92. The molecule has 2 aromatic rings. The van der Waals surface area contributed by atoms with E-state index in [1.54, 1.807) is 13.0 Å². The first-order chi connectivity index (χ1) is 10.5. The summed E-state index contributed by atoms with van der Waals surface area (Å²) in [6.07, 6.45) is 0. The summed E-state index contributed by atoms with van der Waals surface area (Å²) in [5.41, 5.74) is 0.248. The van der Waals surface area contributed by atoms with Crippen LogP contribution in [-0.4, -0.2) is 11.7 Å². The van der Waals surface area contributed by atoms with Crippen molar-refractivity contribution < 1.29 is 13.6 Å². The number of thioether (sulfide) groups is 1. The molecule has 1 atom stereocenters. The minimum Gasteiger partial charge on any atom is -0.349 e. The van der Waals surface area contributed by atoms with Crippen molar-refractivity contribution in [3.8, 4) is 0 Å². The molecule has 0 saturated heterocycles. The molecule has 1 N–H and O–H groups in total. The molecule has 0 aliphatic heterocycles. The van der Waals surface area contributed by atoms with Gasteiger partial charge in [0.1, 0.15) is 11.6 Å². The van der Waals surface area contributed by atoms with E-state index in [2.05, 4.69) is 5.32 Å². The van der Waals surface area contributed by atoms with Gasteiger partial charge in [-0.15, -0.1) is 11.8 Å². The molecule has 0 spiro atoms. The second kappa shape index (κ2) is 7.61. The van der Waals surface area contributed by atoms with Gasteiger partial charge < -0.3 is 5.32 Å². The molecule has 2 rings (SSSR count). The zero-order valence-electron chi connectivity index (χ0n) is 11.8. The summed E-state index contributed by atoms with van der Waals surface area (Å²) in [5.74, 6) is -1.40. The number of carbonyl (C=O) groups excluding carboxylic acids is 1. The molecule has 0 bridgehead atoms. The zero-order valence-corrected chi connectivity index (χ0v) is 13.3. The van der Waals surface area contributed by atoms with E-state index in [-0.39, 0.29) is 17.2 Å². The normalized spacial score (nSPS) is 12.0. The Morgan fingerprint density at radius 1 is 1.27 bits per heavy atom. The van der Waals surface area contributed by atoms with Gasteiger partial charge in [-0.25, -0.2) is 8.78 Å². The molecular formula is C16H14ClF2NOS. The first-order valence-corrected chi connectivity index (χ1v) is 7.95. The standard InChI is InChI=1S/C16H14ClF2NOS/c1-10(12-7-6-11(18)8-14(12)19)20-16(21)9-22-15-5-3-2-4-13(15)17/h2-8,10H,9H2,1H3,(H,20,21)/t10-/m0/s1. The molecule has 0 saturated carbocycles. The molecule has 22 heavy (non-hydrogen) atoms. The number of carbonyl (C=O) groups is 1. The van der Waals surface area contributed by atoms with E-state index in [9.17, 15) is 13.6 Å². The Morgan fingerprint density at radius 3 is 2.68 bits per heavy atom. The summed E-state index contributed by atoms with van der Waals surface area (Å²) in [7, 11) is 0. The molecule has 0 heterocycles. The van der Waals surface area contributed by atoms with Crippen molar-refractivity contribution in [3.63, 3.8) is 0 Å². The second-order valence-corrected chi connectivity index (χ2v) is 6.10. The average molecular weight is 342 g/mol. The lowest BCUT2D eigenvalue weighted by atomic mass is 10.1. The molecule has 1 amide bonds. The first kappa shape index (κ1) is 16.8. The quantitative estimate of drug-likeness (QED) is 0.806. The number of rotatable bonds is 5. The van der Waals surface area contributed by atoms with Crippen LogP contribution >= 0.6 is 23.4 Å². The van der Waals surface area contributed by atoms with Gasteiger partial charge in [0.15, 0.2) is 0 Å². The predicted molar refractivity (Wildman–Crippen MR) is 85.1 cm³/mol. The predicted octanol–water partition coefficient (Wildman–Crippen LogP) is 4.59. The third-order valence-electron chi connectivity index (χ3n) is 3.00. The number of amides is 1. The van der Waals surface area contributed by atoms with Gasteiger partial charge in [0.25, 0.3) is 0 Å². The SMILES string of the molecule is C[C@H](NC(=O)CSc1ccccc1Cl)c1ccc(F)cc1F. The molecule has 0 unspecified atom stereocenters. The van der Waals surface area contributed by atoms with Gasteiger partial charge >= 0.3 is 0 Å². The molecule has 0 aliphatic carbocycles. The summed E-state index contributed by atoms with van der Waals surface area (Å²) in [6, 6.07) is 9.98. The van der Waals surface area contributed by atoms with E-state index in [1.807, 2.05) is 18.2 Å². The lowest BCUT2D eigenvalue weighted by Gasteiger charge is -2.15. The molecule has 116 valence electrons. The van der Waals surface area contributed by atoms with Crippen LogP contribution < -0.4 is 5.32 Å². The Labute approximate surface area is 136 Å². The van der Waals surface area contributed by atoms with Crippen molar-refractivity contribution in [2.75, 3.05) is 5.75 Å². The minimum atomic E-state index is -0.674. The van der Waals surface area contributed by atoms with Crippen molar-refractivity contribution in [3.05, 3.63) is 64.7 Å². The number of benzene rings is 2. The number of halogens is 3. The number of hydrogen-bond acceptors (Lipinski definition) is 2. The van der Waals surface area contributed by atoms with Crippen LogP contribution in [0.15, 0.2) is 47.4 Å². The summed E-state index contributed by atoms with van der Waals surface area (Å²) >= 11 is 7.31. The van der Waals surface area contributed by atoms with Crippen molar-refractivity contribution in [2.24, 2.45) is 0 Å². The van der Waals surface area contributed by atoms with E-state index in [4.69, 9.17) is 11.6 Å². The van der Waals surface area contributed by atoms with Crippen LogP contribution in [0.1, 0.15) is 18.5 Å². The smallest absolute Gasteiger partial charge is 0.230 e. The Bertz CT molecular complexity index is 681. The van der Waals surface area contributed by atoms with E-state index in [0.717, 1.165) is 11.0 Å². The Kier molecular flexibility index (Phi) is 5.80. The van der Waals surface area contributed by atoms with Gasteiger partial charge in [-0.05, 0) is 25.1 Å². The first-order valence-electron chi connectivity index (χ1n) is 6.59. The van der Waals surface area contributed by atoms with Crippen molar-refractivity contribution in [1.82, 2.24) is 5.32 Å². The monoisotopic (exact) mass is 341 g/mol. The molecule has 2 aromatic carbocycles.